The van der Waals surface area contributed by atoms with Gasteiger partial charge in [0.25, 0.3) is 0 Å². The first kappa shape index (κ1) is 19.0. The van der Waals surface area contributed by atoms with Crippen molar-refractivity contribution in [2.24, 2.45) is 0 Å². The summed E-state index contributed by atoms with van der Waals surface area (Å²) in [4.78, 5) is 16.2. The van der Waals surface area contributed by atoms with Crippen LogP contribution in [0.5, 0.6) is 11.5 Å². The molecule has 7 nitrogen and oxygen atoms in total. The Balaban J connectivity index is 1.73. The van der Waals surface area contributed by atoms with Gasteiger partial charge in [-0.1, -0.05) is 18.2 Å². The van der Waals surface area contributed by atoms with Gasteiger partial charge in [0.05, 0.1) is 18.5 Å². The zero-order valence-corrected chi connectivity index (χ0v) is 14.8. The molecular weight excluding hydrogens is 370 g/mol. The van der Waals surface area contributed by atoms with Crippen molar-refractivity contribution in [1.29, 1.82) is 0 Å². The van der Waals surface area contributed by atoms with Crippen molar-refractivity contribution in [3.63, 3.8) is 0 Å². The molecule has 0 fully saturated rings. The first-order valence-corrected chi connectivity index (χ1v) is 8.13. The van der Waals surface area contributed by atoms with Crippen LogP contribution in [0.2, 0.25) is 0 Å². The van der Waals surface area contributed by atoms with Crippen LogP contribution in [0.3, 0.4) is 0 Å². The number of methoxy groups -OCH3 is 1. The Morgan fingerprint density at radius 1 is 1.21 bits per heavy atom. The fourth-order valence-electron chi connectivity index (χ4n) is 2.44. The van der Waals surface area contributed by atoms with E-state index in [1.165, 1.54) is 54.8 Å². The van der Waals surface area contributed by atoms with Gasteiger partial charge < -0.3 is 14.8 Å². The Labute approximate surface area is 159 Å². The summed E-state index contributed by atoms with van der Waals surface area (Å²) < 4.78 is 35.7. The molecule has 0 saturated carbocycles. The number of benzene rings is 2. The lowest BCUT2D eigenvalue weighted by molar-refractivity contribution is -0.111. The van der Waals surface area contributed by atoms with Gasteiger partial charge in [-0.25, -0.2) is 9.67 Å². The molecule has 3 aromatic rings. The van der Waals surface area contributed by atoms with Crippen LogP contribution in [0.1, 0.15) is 5.56 Å². The number of ether oxygens (including phenoxy) is 2. The minimum Gasteiger partial charge on any atom is -0.493 e. The van der Waals surface area contributed by atoms with Gasteiger partial charge in [-0.3, -0.25) is 4.79 Å². The Kier molecular flexibility index (Phi) is 5.95. The Bertz CT molecular complexity index is 975. The number of nitrogens with one attached hydrogen (secondary N) is 1. The molecule has 0 aliphatic rings. The van der Waals surface area contributed by atoms with E-state index >= 15 is 0 Å². The van der Waals surface area contributed by atoms with Crippen molar-refractivity contribution in [2.45, 2.75) is 6.61 Å². The lowest BCUT2D eigenvalue weighted by Gasteiger charge is -2.10. The Hall–Kier alpha value is -3.75. The van der Waals surface area contributed by atoms with E-state index in [1.807, 2.05) is 6.07 Å². The summed E-state index contributed by atoms with van der Waals surface area (Å²) in [7, 11) is 1.34. The van der Waals surface area contributed by atoms with Crippen LogP contribution in [0.4, 0.5) is 14.5 Å². The normalized spacial score (nSPS) is 11.0. The predicted octanol–water partition coefficient (Wildman–Crippen LogP) is 3.53. The van der Waals surface area contributed by atoms with Crippen LogP contribution in [-0.2, 0) is 4.79 Å². The lowest BCUT2D eigenvalue weighted by Crippen LogP contribution is -2.10. The molecule has 28 heavy (non-hydrogen) atoms. The number of nitrogens with zero attached hydrogens (tertiary/aromatic N) is 3. The summed E-state index contributed by atoms with van der Waals surface area (Å²) in [6, 6.07) is 11.5. The van der Waals surface area contributed by atoms with Crippen LogP contribution in [0.15, 0.2) is 61.2 Å². The smallest absolute Gasteiger partial charge is 0.387 e. The fourth-order valence-corrected chi connectivity index (χ4v) is 2.44. The molecule has 0 saturated heterocycles. The van der Waals surface area contributed by atoms with Gasteiger partial charge in [-0.2, -0.15) is 13.9 Å². The zero-order chi connectivity index (χ0) is 19.9. The van der Waals surface area contributed by atoms with Gasteiger partial charge in [0.2, 0.25) is 5.91 Å². The summed E-state index contributed by atoms with van der Waals surface area (Å²) >= 11 is 0. The molecule has 3 rings (SSSR count). The van der Waals surface area contributed by atoms with E-state index in [-0.39, 0.29) is 17.4 Å². The third-order valence-electron chi connectivity index (χ3n) is 3.66. The van der Waals surface area contributed by atoms with Crippen molar-refractivity contribution in [2.75, 3.05) is 12.4 Å². The number of para-hydroxylation sites is 2. The van der Waals surface area contributed by atoms with E-state index in [9.17, 15) is 13.6 Å². The minimum atomic E-state index is -2.95. The highest BCUT2D eigenvalue weighted by Crippen LogP contribution is 2.29. The molecule has 0 unspecified atom stereocenters. The average molecular weight is 386 g/mol. The molecule has 1 aromatic heterocycles. The van der Waals surface area contributed by atoms with Crippen LogP contribution in [0, 0.1) is 0 Å². The van der Waals surface area contributed by atoms with Gasteiger partial charge in [-0.15, -0.1) is 0 Å². The van der Waals surface area contributed by atoms with Crippen LogP contribution in [0.25, 0.3) is 11.8 Å². The summed E-state index contributed by atoms with van der Waals surface area (Å²) in [5.41, 5.74) is 1.80. The highest BCUT2D eigenvalue weighted by atomic mass is 19.3. The minimum absolute atomic E-state index is 0.0825. The van der Waals surface area contributed by atoms with Gasteiger partial charge >= 0.3 is 6.61 Å². The monoisotopic (exact) mass is 386 g/mol. The number of hydrogen-bond acceptors (Lipinski definition) is 5. The highest BCUT2D eigenvalue weighted by Gasteiger charge is 2.11. The Morgan fingerprint density at radius 2 is 2.04 bits per heavy atom. The number of carbonyl (C=O) groups is 1. The first-order valence-electron chi connectivity index (χ1n) is 8.13. The molecule has 9 heteroatoms. The van der Waals surface area contributed by atoms with Crippen molar-refractivity contribution in [3.05, 3.63) is 66.8 Å². The largest absolute Gasteiger partial charge is 0.493 e. The maximum Gasteiger partial charge on any atom is 0.387 e. The molecule has 1 amide bonds. The number of anilines is 1. The maximum absolute atomic E-state index is 12.4. The van der Waals surface area contributed by atoms with E-state index in [0.29, 0.717) is 16.9 Å². The highest BCUT2D eigenvalue weighted by molar-refractivity contribution is 6.03. The Morgan fingerprint density at radius 3 is 2.75 bits per heavy atom. The standard InChI is InChI=1S/C19H16F2N4O3/c1-27-17-10-13(6-8-16(17)28-19(20)21)7-9-18(26)24-14-4-2-3-5-15(14)25-12-22-11-23-25/h2-12,19H,1H3,(H,24,26)/b9-7+. The van der Waals surface area contributed by atoms with Gasteiger partial charge in [0.1, 0.15) is 12.7 Å². The van der Waals surface area contributed by atoms with Crippen molar-refractivity contribution >= 4 is 17.7 Å². The third-order valence-corrected chi connectivity index (χ3v) is 3.66. The molecule has 144 valence electrons. The fraction of sp³-hybridized carbons (Fsp3) is 0.105. The molecule has 0 aliphatic carbocycles. The van der Waals surface area contributed by atoms with Crippen LogP contribution in [-0.4, -0.2) is 34.4 Å². The number of amides is 1. The van der Waals surface area contributed by atoms with E-state index in [4.69, 9.17) is 4.74 Å². The number of carbonyl (C=O) groups excluding carboxylic acids is 1. The van der Waals surface area contributed by atoms with E-state index in [2.05, 4.69) is 20.1 Å². The number of halogens is 2. The van der Waals surface area contributed by atoms with Crippen molar-refractivity contribution < 1.29 is 23.0 Å². The van der Waals surface area contributed by atoms with Gasteiger partial charge in [0.15, 0.2) is 11.5 Å². The molecule has 2 aromatic carbocycles. The molecule has 0 aliphatic heterocycles. The maximum atomic E-state index is 12.4. The predicted molar refractivity (Wildman–Crippen MR) is 98.6 cm³/mol. The van der Waals surface area contributed by atoms with Gasteiger partial charge in [-0.05, 0) is 35.9 Å². The number of aromatic nitrogens is 3. The molecule has 1 heterocycles. The molecule has 0 radical (unpaired) electrons. The number of hydrogen-bond donors (Lipinski definition) is 1. The van der Waals surface area contributed by atoms with Gasteiger partial charge in [0, 0.05) is 6.08 Å². The molecule has 0 spiro atoms. The first-order chi connectivity index (χ1) is 13.6. The summed E-state index contributed by atoms with van der Waals surface area (Å²) in [5.74, 6) is -0.320. The summed E-state index contributed by atoms with van der Waals surface area (Å²) in [6.07, 6.45) is 5.77. The quantitative estimate of drug-likeness (QED) is 0.629. The number of rotatable bonds is 7. The van der Waals surface area contributed by atoms with Crippen LogP contribution < -0.4 is 14.8 Å². The lowest BCUT2D eigenvalue weighted by atomic mass is 10.2. The summed E-state index contributed by atoms with van der Waals surface area (Å²) in [5, 5.41) is 6.82. The molecular formula is C19H16F2N4O3. The second kappa shape index (κ2) is 8.76. The molecule has 0 atom stereocenters. The SMILES string of the molecule is COc1cc(/C=C/C(=O)Nc2ccccc2-n2cncn2)ccc1OC(F)F. The molecule has 0 bridgehead atoms. The van der Waals surface area contributed by atoms with E-state index < -0.39 is 6.61 Å². The van der Waals surface area contributed by atoms with Crippen molar-refractivity contribution in [1.82, 2.24) is 14.8 Å². The number of alkyl halides is 2. The molecule has 1 N–H and O–H groups in total. The summed E-state index contributed by atoms with van der Waals surface area (Å²) in [6.45, 7) is -2.95. The van der Waals surface area contributed by atoms with E-state index in [1.54, 1.807) is 18.2 Å². The third kappa shape index (κ3) is 4.70. The van der Waals surface area contributed by atoms with Crippen molar-refractivity contribution in [3.8, 4) is 17.2 Å². The second-order valence-corrected chi connectivity index (χ2v) is 5.47. The van der Waals surface area contributed by atoms with E-state index in [0.717, 1.165) is 0 Å². The second-order valence-electron chi connectivity index (χ2n) is 5.47. The average Bonchev–Trinajstić information content (AvgIpc) is 3.22. The zero-order valence-electron chi connectivity index (χ0n) is 14.8. The van der Waals surface area contributed by atoms with Crippen LogP contribution >= 0.6 is 0 Å². The topological polar surface area (TPSA) is 78.3 Å².